The summed E-state index contributed by atoms with van der Waals surface area (Å²) in [7, 11) is 0. The molecule has 0 saturated heterocycles. The number of aliphatic hydroxyl groups excluding tert-OH is 1. The van der Waals surface area contributed by atoms with E-state index in [1.54, 1.807) is 4.57 Å². The number of hydrogen-bond donors (Lipinski definition) is 2. The topological polar surface area (TPSA) is 67.2 Å². The van der Waals surface area contributed by atoms with Crippen molar-refractivity contribution in [2.75, 3.05) is 13.2 Å². The summed E-state index contributed by atoms with van der Waals surface area (Å²) in [6.45, 7) is 6.39. The molecule has 0 bridgehead atoms. The number of nitrogens with zero attached hydrogens (tertiary/aromatic N) is 1. The Kier molecular flexibility index (Phi) is 6.79. The second-order valence-corrected chi connectivity index (χ2v) is 6.96. The smallest absolute Gasteiger partial charge is 0.255 e. The van der Waals surface area contributed by atoms with Gasteiger partial charge in [0.25, 0.3) is 5.56 Å². The van der Waals surface area contributed by atoms with Crippen LogP contribution in [0, 0.1) is 18.6 Å². The molecule has 2 N–H and O–H groups in total. The normalized spacial score (nSPS) is 11.0. The molecule has 24 heavy (non-hydrogen) atoms. The van der Waals surface area contributed by atoms with Crippen molar-refractivity contribution in [3.63, 3.8) is 0 Å². The molecule has 2 rings (SSSR count). The monoisotopic (exact) mass is 366 g/mol. The minimum Gasteiger partial charge on any atom is -0.394 e. The molecule has 0 aliphatic rings. The fourth-order valence-corrected chi connectivity index (χ4v) is 4.08. The van der Waals surface area contributed by atoms with Crippen molar-refractivity contribution in [1.29, 1.82) is 0 Å². The maximum absolute atomic E-state index is 12.3. The lowest BCUT2D eigenvalue weighted by atomic mass is 10.2. The van der Waals surface area contributed by atoms with Gasteiger partial charge in [0, 0.05) is 10.5 Å². The van der Waals surface area contributed by atoms with Crippen molar-refractivity contribution < 1.29 is 9.84 Å². The number of nitrogens with one attached hydrogen (secondary N) is 1. The number of aliphatic hydroxyl groups is 1. The molecule has 5 nitrogen and oxygen atoms in total. The molecule has 0 spiro atoms. The van der Waals surface area contributed by atoms with E-state index in [2.05, 4.69) is 23.2 Å². The number of rotatable bonds is 7. The van der Waals surface area contributed by atoms with Crippen molar-refractivity contribution in [2.45, 2.75) is 43.8 Å². The molecule has 0 fully saturated rings. The molecule has 1 aromatic carbocycles. The minimum atomic E-state index is -0.159. The van der Waals surface area contributed by atoms with Crippen LogP contribution in [0.1, 0.15) is 23.6 Å². The van der Waals surface area contributed by atoms with E-state index in [1.165, 1.54) is 22.9 Å². The summed E-state index contributed by atoms with van der Waals surface area (Å²) in [5.74, 6) is 0. The van der Waals surface area contributed by atoms with Crippen LogP contribution in [0.3, 0.4) is 0 Å². The van der Waals surface area contributed by atoms with Crippen molar-refractivity contribution in [3.05, 3.63) is 50.0 Å². The van der Waals surface area contributed by atoms with Gasteiger partial charge in [-0.15, -0.1) is 0 Å². The molecule has 2 aromatic rings. The predicted octanol–water partition coefficient (Wildman–Crippen LogP) is 3.20. The molecule has 0 saturated carbocycles. The first-order chi connectivity index (χ1) is 11.5. The van der Waals surface area contributed by atoms with Gasteiger partial charge in [-0.3, -0.25) is 14.3 Å². The van der Waals surface area contributed by atoms with Gasteiger partial charge in [-0.05, 0) is 55.7 Å². The molecule has 0 radical (unpaired) electrons. The predicted molar refractivity (Wildman–Crippen MR) is 98.3 cm³/mol. The maximum Gasteiger partial charge on any atom is 0.255 e. The van der Waals surface area contributed by atoms with Crippen LogP contribution in [0.5, 0.6) is 0 Å². The molecule has 130 valence electrons. The largest absolute Gasteiger partial charge is 0.394 e. The van der Waals surface area contributed by atoms with Gasteiger partial charge >= 0.3 is 0 Å². The molecule has 1 heterocycles. The highest BCUT2D eigenvalue weighted by Gasteiger charge is 2.14. The lowest BCUT2D eigenvalue weighted by Gasteiger charge is -2.17. The summed E-state index contributed by atoms with van der Waals surface area (Å²) in [5.41, 5.74) is 2.86. The average molecular weight is 367 g/mol. The summed E-state index contributed by atoms with van der Waals surface area (Å²) in [4.78, 5) is 16.0. The highest BCUT2D eigenvalue weighted by molar-refractivity contribution is 7.99. The standard InChI is InChI=1S/C17H22N2O3S2/c1-4-14-15(21)18-17(23)19(10-22-6-5-20)16(14)24-13-8-11(2)7-12(3)9-13/h7-9,20H,4-6,10H2,1-3H3,(H,18,21,23). The highest BCUT2D eigenvalue weighted by Crippen LogP contribution is 2.31. The first-order valence-electron chi connectivity index (χ1n) is 7.77. The first-order valence-corrected chi connectivity index (χ1v) is 8.99. The minimum absolute atomic E-state index is 0.0587. The number of aryl methyl sites for hydroxylation is 2. The average Bonchev–Trinajstić information content (AvgIpc) is 2.49. The third kappa shape index (κ3) is 4.57. The second-order valence-electron chi connectivity index (χ2n) is 5.51. The SMILES string of the molecule is CCc1c(Sc2cc(C)cc(C)c2)n(COCCO)c(=S)[nH]c1=O. The Labute approximate surface area is 150 Å². The van der Waals surface area contributed by atoms with Gasteiger partial charge in [-0.2, -0.15) is 0 Å². The van der Waals surface area contributed by atoms with Crippen LogP contribution < -0.4 is 5.56 Å². The van der Waals surface area contributed by atoms with E-state index in [9.17, 15) is 4.79 Å². The fraction of sp³-hybridized carbons (Fsp3) is 0.412. The third-order valence-corrected chi connectivity index (χ3v) is 4.92. The number of ether oxygens (including phenoxy) is 1. The number of hydrogen-bond acceptors (Lipinski definition) is 5. The molecule has 1 aromatic heterocycles. The van der Waals surface area contributed by atoms with Crippen LogP contribution in [0.25, 0.3) is 0 Å². The lowest BCUT2D eigenvalue weighted by Crippen LogP contribution is -2.22. The van der Waals surface area contributed by atoms with Gasteiger partial charge in [0.15, 0.2) is 4.77 Å². The summed E-state index contributed by atoms with van der Waals surface area (Å²) in [6.07, 6.45) is 0.595. The van der Waals surface area contributed by atoms with E-state index in [4.69, 9.17) is 22.1 Å². The Morgan fingerprint density at radius 3 is 2.54 bits per heavy atom. The zero-order valence-corrected chi connectivity index (χ0v) is 15.7. The van der Waals surface area contributed by atoms with Gasteiger partial charge in [-0.1, -0.05) is 24.8 Å². The van der Waals surface area contributed by atoms with E-state index in [0.717, 1.165) is 9.92 Å². The van der Waals surface area contributed by atoms with E-state index >= 15 is 0 Å². The second kappa shape index (κ2) is 8.62. The van der Waals surface area contributed by atoms with Crippen molar-refractivity contribution >= 4 is 24.0 Å². The zero-order chi connectivity index (χ0) is 17.7. The third-order valence-electron chi connectivity index (χ3n) is 3.46. The molecule has 0 aliphatic carbocycles. The van der Waals surface area contributed by atoms with Gasteiger partial charge < -0.3 is 9.84 Å². The first kappa shape index (κ1) is 18.9. The van der Waals surface area contributed by atoms with Crippen molar-refractivity contribution in [2.24, 2.45) is 0 Å². The van der Waals surface area contributed by atoms with Crippen LogP contribution in [0.15, 0.2) is 32.9 Å². The Bertz CT molecular complexity index is 807. The van der Waals surface area contributed by atoms with Gasteiger partial charge in [0.05, 0.1) is 18.2 Å². The van der Waals surface area contributed by atoms with E-state index in [-0.39, 0.29) is 25.5 Å². The number of H-pyrrole nitrogens is 1. The van der Waals surface area contributed by atoms with Crippen LogP contribution in [-0.4, -0.2) is 27.9 Å². The van der Waals surface area contributed by atoms with Crippen LogP contribution in [0.2, 0.25) is 0 Å². The molecule has 0 amide bonds. The number of aromatic nitrogens is 2. The maximum atomic E-state index is 12.3. The zero-order valence-electron chi connectivity index (χ0n) is 14.1. The molecule has 0 atom stereocenters. The molecular formula is C17H22N2O3S2. The molecule has 7 heteroatoms. The van der Waals surface area contributed by atoms with Crippen LogP contribution >= 0.6 is 24.0 Å². The lowest BCUT2D eigenvalue weighted by molar-refractivity contribution is 0.0422. The summed E-state index contributed by atoms with van der Waals surface area (Å²) < 4.78 is 7.52. The number of aromatic amines is 1. The fourth-order valence-electron chi connectivity index (χ4n) is 2.46. The van der Waals surface area contributed by atoms with E-state index in [1.807, 2.05) is 20.8 Å². The van der Waals surface area contributed by atoms with Crippen LogP contribution in [-0.2, 0) is 17.9 Å². The summed E-state index contributed by atoms with van der Waals surface area (Å²) in [6, 6.07) is 6.28. The van der Waals surface area contributed by atoms with Crippen molar-refractivity contribution in [3.8, 4) is 0 Å². The molecule has 0 unspecified atom stereocenters. The Morgan fingerprint density at radius 2 is 1.96 bits per heavy atom. The molecular weight excluding hydrogens is 344 g/mol. The molecule has 0 aliphatic heterocycles. The van der Waals surface area contributed by atoms with E-state index < -0.39 is 0 Å². The summed E-state index contributed by atoms with van der Waals surface area (Å²) in [5, 5.41) is 9.69. The van der Waals surface area contributed by atoms with Crippen molar-refractivity contribution in [1.82, 2.24) is 9.55 Å². The van der Waals surface area contributed by atoms with Gasteiger partial charge in [0.1, 0.15) is 6.73 Å². The highest BCUT2D eigenvalue weighted by atomic mass is 32.2. The van der Waals surface area contributed by atoms with Crippen LogP contribution in [0.4, 0.5) is 0 Å². The van der Waals surface area contributed by atoms with E-state index in [0.29, 0.717) is 16.8 Å². The Morgan fingerprint density at radius 1 is 1.29 bits per heavy atom. The summed E-state index contributed by atoms with van der Waals surface area (Å²) >= 11 is 6.82. The van der Waals surface area contributed by atoms with Gasteiger partial charge in [-0.25, -0.2) is 0 Å². The Balaban J connectivity index is 2.51. The quantitative estimate of drug-likeness (QED) is 0.447. The number of benzene rings is 1. The Hall–Kier alpha value is -1.41. The van der Waals surface area contributed by atoms with Gasteiger partial charge in [0.2, 0.25) is 0 Å².